The number of aromatic nitrogens is 4. The van der Waals surface area contributed by atoms with Crippen LogP contribution in [0.1, 0.15) is 26.7 Å². The molecule has 4 heterocycles. The van der Waals surface area contributed by atoms with Gasteiger partial charge in [-0.2, -0.15) is 5.10 Å². The maximum absolute atomic E-state index is 4.54. The molecule has 0 saturated carbocycles. The van der Waals surface area contributed by atoms with E-state index in [1.165, 1.54) is 12.8 Å². The minimum Gasteiger partial charge on any atom is -0.356 e. The highest BCUT2D eigenvalue weighted by molar-refractivity contribution is 5.38. The predicted octanol–water partition coefficient (Wildman–Crippen LogP) is 2.05. The molecule has 0 aromatic carbocycles. The average molecular weight is 326 g/mol. The second kappa shape index (κ2) is 6.51. The summed E-state index contributed by atoms with van der Waals surface area (Å²) >= 11 is 0. The molecule has 0 unspecified atom stereocenters. The monoisotopic (exact) mass is 326 g/mol. The first-order chi connectivity index (χ1) is 11.7. The summed E-state index contributed by atoms with van der Waals surface area (Å²) in [6, 6.07) is 7.98. The van der Waals surface area contributed by atoms with Crippen LogP contribution in [0.25, 0.3) is 0 Å². The molecule has 0 aliphatic carbocycles. The summed E-state index contributed by atoms with van der Waals surface area (Å²) in [5.41, 5.74) is 0. The molecule has 6 nitrogen and oxygen atoms in total. The SMILES string of the molecule is CC(C)N1[C@@H](Cn2cncn2)C[C@H]2CN(c3ccccn3)CC[C@H]21. The highest BCUT2D eigenvalue weighted by Gasteiger charge is 2.45. The maximum atomic E-state index is 4.54. The molecule has 0 amide bonds. The molecular formula is C18H26N6. The van der Waals surface area contributed by atoms with E-state index in [-0.39, 0.29) is 0 Å². The number of nitrogens with zero attached hydrogens (tertiary/aromatic N) is 6. The van der Waals surface area contributed by atoms with Gasteiger partial charge in [0.25, 0.3) is 0 Å². The Hall–Kier alpha value is -1.95. The Morgan fingerprint density at radius 3 is 2.92 bits per heavy atom. The summed E-state index contributed by atoms with van der Waals surface area (Å²) in [4.78, 5) is 13.8. The lowest BCUT2D eigenvalue weighted by atomic mass is 9.92. The molecule has 3 atom stereocenters. The Morgan fingerprint density at radius 1 is 1.29 bits per heavy atom. The molecule has 128 valence electrons. The summed E-state index contributed by atoms with van der Waals surface area (Å²) in [6.07, 6.45) is 7.80. The van der Waals surface area contributed by atoms with Crippen molar-refractivity contribution in [2.24, 2.45) is 5.92 Å². The first-order valence-corrected chi connectivity index (χ1v) is 8.98. The van der Waals surface area contributed by atoms with Crippen molar-refractivity contribution in [2.75, 3.05) is 18.0 Å². The summed E-state index contributed by atoms with van der Waals surface area (Å²) < 4.78 is 1.98. The molecule has 0 spiro atoms. The van der Waals surface area contributed by atoms with Gasteiger partial charge in [0.05, 0.1) is 6.54 Å². The quantitative estimate of drug-likeness (QED) is 0.861. The number of rotatable bonds is 4. The van der Waals surface area contributed by atoms with Gasteiger partial charge in [-0.15, -0.1) is 0 Å². The summed E-state index contributed by atoms with van der Waals surface area (Å²) in [5.74, 6) is 1.82. The number of pyridine rings is 1. The van der Waals surface area contributed by atoms with Gasteiger partial charge < -0.3 is 4.90 Å². The van der Waals surface area contributed by atoms with Crippen LogP contribution in [0.2, 0.25) is 0 Å². The van der Waals surface area contributed by atoms with Crippen molar-refractivity contribution in [3.63, 3.8) is 0 Å². The number of fused-ring (bicyclic) bond motifs is 1. The minimum absolute atomic E-state index is 0.547. The van der Waals surface area contributed by atoms with Gasteiger partial charge in [0.1, 0.15) is 18.5 Å². The second-order valence-corrected chi connectivity index (χ2v) is 7.30. The number of anilines is 1. The van der Waals surface area contributed by atoms with Crippen LogP contribution in [-0.2, 0) is 6.54 Å². The van der Waals surface area contributed by atoms with Gasteiger partial charge in [-0.3, -0.25) is 9.58 Å². The molecule has 2 fully saturated rings. The van der Waals surface area contributed by atoms with Crippen LogP contribution in [0.3, 0.4) is 0 Å². The van der Waals surface area contributed by atoms with Crippen LogP contribution in [0.4, 0.5) is 5.82 Å². The summed E-state index contributed by atoms with van der Waals surface area (Å²) in [5, 5.41) is 4.31. The molecule has 0 bridgehead atoms. The van der Waals surface area contributed by atoms with Gasteiger partial charge in [-0.05, 0) is 44.7 Å². The Morgan fingerprint density at radius 2 is 2.21 bits per heavy atom. The van der Waals surface area contributed by atoms with E-state index < -0.39 is 0 Å². The van der Waals surface area contributed by atoms with Crippen LogP contribution in [0.15, 0.2) is 37.1 Å². The summed E-state index contributed by atoms with van der Waals surface area (Å²) in [6.45, 7) is 7.79. The van der Waals surface area contributed by atoms with E-state index in [0.717, 1.165) is 25.5 Å². The van der Waals surface area contributed by atoms with Crippen molar-refractivity contribution in [1.29, 1.82) is 0 Å². The number of hydrogen-bond acceptors (Lipinski definition) is 5. The molecule has 2 saturated heterocycles. The third kappa shape index (κ3) is 2.90. The van der Waals surface area contributed by atoms with Gasteiger partial charge in [-0.25, -0.2) is 9.97 Å². The van der Waals surface area contributed by atoms with Gasteiger partial charge >= 0.3 is 0 Å². The molecule has 0 radical (unpaired) electrons. The van der Waals surface area contributed by atoms with Crippen molar-refractivity contribution in [3.05, 3.63) is 37.1 Å². The van der Waals surface area contributed by atoms with E-state index in [1.807, 2.05) is 23.3 Å². The Bertz CT molecular complexity index is 641. The Kier molecular flexibility index (Phi) is 4.22. The maximum Gasteiger partial charge on any atom is 0.137 e. The minimum atomic E-state index is 0.547. The highest BCUT2D eigenvalue weighted by atomic mass is 15.4. The zero-order valence-electron chi connectivity index (χ0n) is 14.5. The standard InChI is InChI=1S/C18H26N6/c1-14(2)24-16(11-23-13-19-12-21-23)9-15-10-22(8-6-17(15)24)18-5-3-4-7-20-18/h3-5,7,12-17H,6,8-11H2,1-2H3/t15-,16+,17+/m0/s1. The zero-order chi connectivity index (χ0) is 16.5. The van der Waals surface area contributed by atoms with E-state index in [9.17, 15) is 0 Å². The fourth-order valence-corrected chi connectivity index (χ4v) is 4.65. The number of piperidine rings is 1. The van der Waals surface area contributed by atoms with Crippen molar-refractivity contribution in [2.45, 2.75) is 51.4 Å². The lowest BCUT2D eigenvalue weighted by Gasteiger charge is -2.40. The van der Waals surface area contributed by atoms with E-state index in [1.54, 1.807) is 6.33 Å². The van der Waals surface area contributed by atoms with Crippen molar-refractivity contribution in [3.8, 4) is 0 Å². The van der Waals surface area contributed by atoms with Gasteiger partial charge in [0.15, 0.2) is 0 Å². The lowest BCUT2D eigenvalue weighted by Crippen LogP contribution is -2.49. The van der Waals surface area contributed by atoms with Crippen molar-refractivity contribution >= 4 is 5.82 Å². The highest BCUT2D eigenvalue weighted by Crippen LogP contribution is 2.38. The summed E-state index contributed by atoms with van der Waals surface area (Å²) in [7, 11) is 0. The topological polar surface area (TPSA) is 50.1 Å². The zero-order valence-corrected chi connectivity index (χ0v) is 14.5. The molecular weight excluding hydrogens is 300 g/mol. The predicted molar refractivity (Wildman–Crippen MR) is 93.7 cm³/mol. The van der Waals surface area contributed by atoms with Crippen LogP contribution in [0, 0.1) is 5.92 Å². The molecule has 0 N–H and O–H groups in total. The third-order valence-electron chi connectivity index (χ3n) is 5.51. The van der Waals surface area contributed by atoms with Crippen LogP contribution >= 0.6 is 0 Å². The third-order valence-corrected chi connectivity index (χ3v) is 5.51. The normalized spacial score (nSPS) is 27.6. The van der Waals surface area contributed by atoms with Crippen LogP contribution < -0.4 is 4.90 Å². The molecule has 24 heavy (non-hydrogen) atoms. The van der Waals surface area contributed by atoms with Crippen molar-refractivity contribution in [1.82, 2.24) is 24.6 Å². The van der Waals surface area contributed by atoms with Crippen LogP contribution in [-0.4, -0.2) is 55.9 Å². The van der Waals surface area contributed by atoms with Gasteiger partial charge in [0.2, 0.25) is 0 Å². The first-order valence-electron chi connectivity index (χ1n) is 8.98. The van der Waals surface area contributed by atoms with Gasteiger partial charge in [0, 0.05) is 37.4 Å². The van der Waals surface area contributed by atoms with Crippen LogP contribution in [0.5, 0.6) is 0 Å². The van der Waals surface area contributed by atoms with E-state index >= 15 is 0 Å². The second-order valence-electron chi connectivity index (χ2n) is 7.30. The van der Waals surface area contributed by atoms with E-state index in [2.05, 4.69) is 50.8 Å². The number of likely N-dealkylation sites (tertiary alicyclic amines) is 1. The largest absolute Gasteiger partial charge is 0.356 e. The smallest absolute Gasteiger partial charge is 0.137 e. The number of hydrogen-bond donors (Lipinski definition) is 0. The fourth-order valence-electron chi connectivity index (χ4n) is 4.65. The fraction of sp³-hybridized carbons (Fsp3) is 0.611. The molecule has 4 rings (SSSR count). The Labute approximate surface area is 143 Å². The van der Waals surface area contributed by atoms with Gasteiger partial charge in [-0.1, -0.05) is 6.07 Å². The lowest BCUT2D eigenvalue weighted by molar-refractivity contribution is 0.114. The molecule has 2 aliphatic heterocycles. The molecule has 2 aromatic heterocycles. The molecule has 6 heteroatoms. The Balaban J connectivity index is 1.50. The molecule has 2 aromatic rings. The average Bonchev–Trinajstić information content (AvgIpc) is 3.22. The molecule has 2 aliphatic rings. The van der Waals surface area contributed by atoms with Crippen molar-refractivity contribution < 1.29 is 0 Å². The van der Waals surface area contributed by atoms with E-state index in [4.69, 9.17) is 0 Å². The first kappa shape index (κ1) is 15.6. The van der Waals surface area contributed by atoms with E-state index in [0.29, 0.717) is 24.0 Å².